The highest BCUT2D eigenvalue weighted by Crippen LogP contribution is 2.29. The van der Waals surface area contributed by atoms with Crippen LogP contribution in [0, 0.1) is 0 Å². The molecule has 1 fully saturated rings. The second-order valence-electron chi connectivity index (χ2n) is 8.90. The Labute approximate surface area is 199 Å². The lowest BCUT2D eigenvalue weighted by Crippen LogP contribution is -2.37. The topological polar surface area (TPSA) is 100 Å². The van der Waals surface area contributed by atoms with Crippen LogP contribution < -0.4 is 10.7 Å². The van der Waals surface area contributed by atoms with Crippen LogP contribution in [0.4, 0.5) is 0 Å². The van der Waals surface area contributed by atoms with E-state index in [0.717, 1.165) is 42.6 Å². The summed E-state index contributed by atoms with van der Waals surface area (Å²) in [5.74, 6) is -0.912. The van der Waals surface area contributed by atoms with Crippen LogP contribution in [0.25, 0.3) is 11.3 Å². The zero-order chi connectivity index (χ0) is 24.2. The lowest BCUT2D eigenvalue weighted by Gasteiger charge is -2.27. The molecule has 0 radical (unpaired) electrons. The molecule has 1 atom stereocenters. The summed E-state index contributed by atoms with van der Waals surface area (Å²) in [5, 5.41) is 9.92. The van der Waals surface area contributed by atoms with Crippen molar-refractivity contribution in [3.8, 4) is 11.3 Å². The summed E-state index contributed by atoms with van der Waals surface area (Å²) in [5.41, 5.74) is 1.95. The third-order valence-electron chi connectivity index (χ3n) is 6.76. The average molecular weight is 462 g/mol. The van der Waals surface area contributed by atoms with Crippen LogP contribution in [0.5, 0.6) is 0 Å². The zero-order valence-corrected chi connectivity index (χ0v) is 19.9. The maximum Gasteiger partial charge on any atom is 0.259 e. The maximum absolute atomic E-state index is 13.5. The number of nitrogens with one attached hydrogen (secondary N) is 2. The first-order chi connectivity index (χ1) is 16.4. The van der Waals surface area contributed by atoms with Crippen molar-refractivity contribution in [1.82, 2.24) is 25.0 Å². The van der Waals surface area contributed by atoms with Crippen molar-refractivity contribution in [2.24, 2.45) is 0 Å². The summed E-state index contributed by atoms with van der Waals surface area (Å²) in [6, 6.07) is 11.5. The molecular weight excluding hydrogens is 430 g/mol. The molecule has 2 heterocycles. The third-order valence-corrected chi connectivity index (χ3v) is 6.76. The van der Waals surface area contributed by atoms with Crippen LogP contribution in [0.1, 0.15) is 77.5 Å². The fourth-order valence-corrected chi connectivity index (χ4v) is 4.52. The summed E-state index contributed by atoms with van der Waals surface area (Å²) in [7, 11) is 3.14. The quantitative estimate of drug-likeness (QED) is 0.581. The van der Waals surface area contributed by atoms with Crippen molar-refractivity contribution in [2.75, 3.05) is 14.1 Å². The molecule has 3 aromatic rings. The van der Waals surface area contributed by atoms with E-state index >= 15 is 0 Å². The number of nitrogens with zero attached hydrogens (tertiary/aromatic N) is 3. The lowest BCUT2D eigenvalue weighted by atomic mass is 9.95. The standard InChI is InChI=1S/C26H31N5O3/c1-17(22-14-23(29-28-22)18-10-6-4-7-11-18)30(3)26(34)21-16-31(19-12-8-5-9-13-19)15-20(24(21)32)25(33)27-2/h4,6-7,10-11,14-17,19H,5,8-9,12-13H2,1-3H3,(H,27,33)(H,28,29)/t17-/m0/s1. The molecule has 2 amide bonds. The molecule has 8 nitrogen and oxygen atoms in total. The number of aromatic amines is 1. The van der Waals surface area contributed by atoms with Gasteiger partial charge in [-0.25, -0.2) is 0 Å². The van der Waals surface area contributed by atoms with Crippen molar-refractivity contribution >= 4 is 11.8 Å². The third kappa shape index (κ3) is 4.66. The first kappa shape index (κ1) is 23.5. The van der Waals surface area contributed by atoms with E-state index in [1.807, 2.05) is 47.9 Å². The second kappa shape index (κ2) is 10.1. The summed E-state index contributed by atoms with van der Waals surface area (Å²) >= 11 is 0. The van der Waals surface area contributed by atoms with Crippen molar-refractivity contribution in [1.29, 1.82) is 0 Å². The monoisotopic (exact) mass is 461 g/mol. The number of pyridine rings is 1. The van der Waals surface area contributed by atoms with E-state index < -0.39 is 17.2 Å². The Morgan fingerprint density at radius 3 is 2.47 bits per heavy atom. The van der Waals surface area contributed by atoms with E-state index in [4.69, 9.17) is 0 Å². The number of hydrogen-bond donors (Lipinski definition) is 2. The number of rotatable bonds is 6. The molecule has 2 N–H and O–H groups in total. The van der Waals surface area contributed by atoms with E-state index in [2.05, 4.69) is 15.5 Å². The molecule has 0 spiro atoms. The van der Waals surface area contributed by atoms with E-state index in [-0.39, 0.29) is 23.2 Å². The Morgan fingerprint density at radius 1 is 1.12 bits per heavy atom. The predicted octanol–water partition coefficient (Wildman–Crippen LogP) is 3.94. The SMILES string of the molecule is CNC(=O)c1cn(C2CCCCC2)cc(C(=O)N(C)[C@@H](C)c2cc(-c3ccccc3)n[nH]2)c1=O. The Morgan fingerprint density at radius 2 is 1.79 bits per heavy atom. The highest BCUT2D eigenvalue weighted by Gasteiger charge is 2.27. The zero-order valence-electron chi connectivity index (χ0n) is 19.9. The number of carbonyl (C=O) groups is 2. The van der Waals surface area contributed by atoms with E-state index in [9.17, 15) is 14.4 Å². The first-order valence-corrected chi connectivity index (χ1v) is 11.8. The number of hydrogen-bond acceptors (Lipinski definition) is 4. The average Bonchev–Trinajstić information content (AvgIpc) is 3.38. The lowest BCUT2D eigenvalue weighted by molar-refractivity contribution is 0.0737. The van der Waals surface area contributed by atoms with Gasteiger partial charge in [-0.2, -0.15) is 5.10 Å². The fraction of sp³-hybridized carbons (Fsp3) is 0.385. The first-order valence-electron chi connectivity index (χ1n) is 11.8. The molecule has 8 heteroatoms. The van der Waals surface area contributed by atoms with Gasteiger partial charge in [0.1, 0.15) is 11.1 Å². The van der Waals surface area contributed by atoms with Gasteiger partial charge in [0, 0.05) is 38.1 Å². The van der Waals surface area contributed by atoms with Crippen LogP contribution in [-0.2, 0) is 0 Å². The van der Waals surface area contributed by atoms with Crippen molar-refractivity contribution in [2.45, 2.75) is 51.1 Å². The van der Waals surface area contributed by atoms with Crippen LogP contribution in [0.15, 0.2) is 53.6 Å². The molecule has 1 saturated carbocycles. The molecule has 1 aromatic carbocycles. The number of aromatic nitrogens is 3. The minimum Gasteiger partial charge on any atom is -0.355 e. The van der Waals surface area contributed by atoms with Gasteiger partial charge in [0.05, 0.1) is 17.4 Å². The summed E-state index contributed by atoms with van der Waals surface area (Å²) < 4.78 is 1.89. The van der Waals surface area contributed by atoms with Crippen molar-refractivity contribution < 1.29 is 9.59 Å². The van der Waals surface area contributed by atoms with E-state index in [1.165, 1.54) is 18.4 Å². The van der Waals surface area contributed by atoms with Gasteiger partial charge in [-0.15, -0.1) is 0 Å². The molecule has 178 valence electrons. The highest BCUT2D eigenvalue weighted by atomic mass is 16.2. The second-order valence-corrected chi connectivity index (χ2v) is 8.90. The van der Waals surface area contributed by atoms with Crippen molar-refractivity contribution in [3.63, 3.8) is 0 Å². The molecule has 1 aliphatic rings. The summed E-state index contributed by atoms with van der Waals surface area (Å²) in [6.07, 6.45) is 8.52. The molecule has 0 aliphatic heterocycles. The van der Waals surface area contributed by atoms with Crippen LogP contribution in [0.3, 0.4) is 0 Å². The highest BCUT2D eigenvalue weighted by molar-refractivity contribution is 5.99. The number of carbonyl (C=O) groups excluding carboxylic acids is 2. The fourth-order valence-electron chi connectivity index (χ4n) is 4.52. The van der Waals surface area contributed by atoms with Gasteiger partial charge in [0.15, 0.2) is 0 Å². The van der Waals surface area contributed by atoms with Crippen LogP contribution >= 0.6 is 0 Å². The molecule has 34 heavy (non-hydrogen) atoms. The van der Waals surface area contributed by atoms with Gasteiger partial charge >= 0.3 is 0 Å². The number of H-pyrrole nitrogens is 1. The van der Waals surface area contributed by atoms with Gasteiger partial charge in [-0.3, -0.25) is 19.5 Å². The molecule has 0 bridgehead atoms. The minimum atomic E-state index is -0.551. The van der Waals surface area contributed by atoms with Gasteiger partial charge in [0.25, 0.3) is 11.8 Å². The Hall–Kier alpha value is -3.68. The van der Waals surface area contributed by atoms with E-state index in [0.29, 0.717) is 0 Å². The normalized spacial score (nSPS) is 15.0. The smallest absolute Gasteiger partial charge is 0.259 e. The molecular formula is C26H31N5O3. The summed E-state index contributed by atoms with van der Waals surface area (Å²) in [6.45, 7) is 1.88. The van der Waals surface area contributed by atoms with Crippen LogP contribution in [0.2, 0.25) is 0 Å². The number of benzene rings is 1. The van der Waals surface area contributed by atoms with Crippen molar-refractivity contribution in [3.05, 3.63) is 75.8 Å². The Bertz CT molecular complexity index is 1220. The van der Waals surface area contributed by atoms with Gasteiger partial charge < -0.3 is 14.8 Å². The van der Waals surface area contributed by atoms with Gasteiger partial charge in [-0.1, -0.05) is 49.6 Å². The molecule has 4 rings (SSSR count). The predicted molar refractivity (Wildman–Crippen MR) is 131 cm³/mol. The largest absolute Gasteiger partial charge is 0.355 e. The molecule has 0 saturated heterocycles. The number of amides is 2. The maximum atomic E-state index is 13.5. The Balaban J connectivity index is 1.65. The Kier molecular flexibility index (Phi) is 6.95. The molecule has 0 unspecified atom stereocenters. The van der Waals surface area contributed by atoms with E-state index in [1.54, 1.807) is 19.4 Å². The van der Waals surface area contributed by atoms with Crippen LogP contribution in [-0.4, -0.2) is 45.6 Å². The van der Waals surface area contributed by atoms with Gasteiger partial charge in [-0.05, 0) is 25.8 Å². The molecule has 2 aromatic heterocycles. The minimum absolute atomic E-state index is 0.00354. The van der Waals surface area contributed by atoms with Gasteiger partial charge in [0.2, 0.25) is 5.43 Å². The summed E-state index contributed by atoms with van der Waals surface area (Å²) in [4.78, 5) is 40.6. The molecule has 1 aliphatic carbocycles.